The molecule has 5 rings (SSSR count). The molecule has 1 aliphatic heterocycles. The lowest BCUT2D eigenvalue weighted by atomic mass is 9.82. The van der Waals surface area contributed by atoms with Gasteiger partial charge in [0.25, 0.3) is 0 Å². The Hall–Kier alpha value is -2.91. The number of hydrogen-bond donors (Lipinski definition) is 0. The molecule has 1 aliphatic rings. The smallest absolute Gasteiger partial charge is 0.350 e. The molecular formula is C25H21NOSi. The van der Waals surface area contributed by atoms with Crippen LogP contribution in [0.15, 0.2) is 72.9 Å². The Labute approximate surface area is 166 Å². The van der Waals surface area contributed by atoms with Gasteiger partial charge in [-0.2, -0.15) is 0 Å². The van der Waals surface area contributed by atoms with E-state index in [9.17, 15) is 4.46 Å². The zero-order valence-electron chi connectivity index (χ0n) is 16.3. The van der Waals surface area contributed by atoms with Crippen LogP contribution >= 0.6 is 0 Å². The molecule has 3 aromatic carbocycles. The van der Waals surface area contributed by atoms with Crippen molar-refractivity contribution in [1.82, 2.24) is 4.98 Å². The molecule has 0 fully saturated rings. The molecule has 3 heteroatoms. The van der Waals surface area contributed by atoms with Gasteiger partial charge in [0.2, 0.25) is 0 Å². The molecule has 0 saturated carbocycles. The van der Waals surface area contributed by atoms with Crippen LogP contribution in [-0.2, 0) is 9.88 Å². The lowest BCUT2D eigenvalue weighted by Gasteiger charge is -2.23. The maximum atomic E-state index is 13.4. The topological polar surface area (TPSA) is 30.0 Å². The number of pyridine rings is 1. The predicted molar refractivity (Wildman–Crippen MR) is 117 cm³/mol. The highest BCUT2D eigenvalue weighted by Crippen LogP contribution is 2.35. The first-order valence-corrected chi connectivity index (χ1v) is 11.0. The number of fused-ring (bicyclic) bond motifs is 4. The van der Waals surface area contributed by atoms with Gasteiger partial charge in [-0.15, -0.1) is 0 Å². The van der Waals surface area contributed by atoms with Crippen molar-refractivity contribution in [1.29, 1.82) is 0 Å². The van der Waals surface area contributed by atoms with Crippen LogP contribution in [0.5, 0.6) is 0 Å². The van der Waals surface area contributed by atoms with E-state index >= 15 is 0 Å². The van der Waals surface area contributed by atoms with Crippen LogP contribution in [0.25, 0.3) is 33.2 Å². The van der Waals surface area contributed by atoms with Crippen LogP contribution in [-0.4, -0.2) is 13.7 Å². The van der Waals surface area contributed by atoms with Gasteiger partial charge in [-0.1, -0.05) is 69.3 Å². The summed E-state index contributed by atoms with van der Waals surface area (Å²) in [7, 11) is -2.06. The molecule has 0 radical (unpaired) electrons. The minimum absolute atomic E-state index is 0.00176. The van der Waals surface area contributed by atoms with E-state index in [4.69, 9.17) is 4.98 Å². The Morgan fingerprint density at radius 3 is 2.43 bits per heavy atom. The fraction of sp³-hybridized carbons (Fsp3) is 0.160. The number of aromatic nitrogens is 1. The lowest BCUT2D eigenvalue weighted by Crippen LogP contribution is -2.30. The summed E-state index contributed by atoms with van der Waals surface area (Å²) < 4.78 is 13.4. The molecule has 0 atom stereocenters. The van der Waals surface area contributed by atoms with Crippen LogP contribution in [0.3, 0.4) is 0 Å². The molecule has 0 bridgehead atoms. The van der Waals surface area contributed by atoms with Crippen LogP contribution in [0.1, 0.15) is 26.3 Å². The fourth-order valence-electron chi connectivity index (χ4n) is 4.25. The van der Waals surface area contributed by atoms with Crippen molar-refractivity contribution in [2.24, 2.45) is 0 Å². The highest BCUT2D eigenvalue weighted by Gasteiger charge is 2.32. The summed E-state index contributed by atoms with van der Waals surface area (Å²) in [6.45, 7) is 6.71. The van der Waals surface area contributed by atoms with Gasteiger partial charge in [0.15, 0.2) is 0 Å². The first-order chi connectivity index (χ1) is 13.4. The van der Waals surface area contributed by atoms with Gasteiger partial charge in [0.1, 0.15) is 0 Å². The van der Waals surface area contributed by atoms with Gasteiger partial charge in [-0.25, -0.2) is 0 Å². The highest BCUT2D eigenvalue weighted by atomic mass is 28.3. The second-order valence-corrected chi connectivity index (χ2v) is 10.1. The van der Waals surface area contributed by atoms with E-state index in [-0.39, 0.29) is 5.41 Å². The quantitative estimate of drug-likeness (QED) is 0.395. The third kappa shape index (κ3) is 2.50. The second kappa shape index (κ2) is 6.04. The molecule has 28 heavy (non-hydrogen) atoms. The summed E-state index contributed by atoms with van der Waals surface area (Å²) in [5.74, 6) is 0. The van der Waals surface area contributed by atoms with E-state index in [1.54, 1.807) is 0 Å². The first kappa shape index (κ1) is 17.2. The molecule has 1 aromatic heterocycles. The van der Waals surface area contributed by atoms with Crippen molar-refractivity contribution in [2.45, 2.75) is 26.2 Å². The van der Waals surface area contributed by atoms with E-state index in [2.05, 4.69) is 63.2 Å². The Morgan fingerprint density at radius 2 is 1.61 bits per heavy atom. The van der Waals surface area contributed by atoms with Crippen LogP contribution in [0.2, 0.25) is 0 Å². The van der Waals surface area contributed by atoms with Gasteiger partial charge in [0.05, 0.1) is 5.69 Å². The molecule has 136 valence electrons. The SMILES string of the molecule is CC(C)(C)c1cc(-c2nccc3c2[Si](=O)c2ccccc2-3)cc2ccccc12. The van der Waals surface area contributed by atoms with Gasteiger partial charge in [0, 0.05) is 22.1 Å². The minimum atomic E-state index is -2.06. The van der Waals surface area contributed by atoms with Gasteiger partial charge < -0.3 is 4.46 Å². The molecule has 0 N–H and O–H groups in total. The lowest BCUT2D eigenvalue weighted by molar-refractivity contribution is 0.576. The molecule has 2 heterocycles. The van der Waals surface area contributed by atoms with Gasteiger partial charge in [-0.05, 0) is 51.1 Å². The molecule has 0 saturated heterocycles. The van der Waals surface area contributed by atoms with Crippen molar-refractivity contribution < 1.29 is 4.46 Å². The zero-order chi connectivity index (χ0) is 19.5. The standard InChI is InChI=1S/C25H21NOSi/c1-25(2,3)21-15-17(14-16-8-4-5-9-18(16)21)23-24-20(12-13-26-23)19-10-6-7-11-22(19)28(24)27/h4-15H,1-3H3. The third-order valence-electron chi connectivity index (χ3n) is 5.58. The van der Waals surface area contributed by atoms with Crippen molar-refractivity contribution in [2.75, 3.05) is 0 Å². The van der Waals surface area contributed by atoms with Crippen LogP contribution in [0, 0.1) is 0 Å². The summed E-state index contributed by atoms with van der Waals surface area (Å²) in [6, 6.07) is 22.9. The van der Waals surface area contributed by atoms with Crippen LogP contribution < -0.4 is 10.4 Å². The average molecular weight is 380 g/mol. The van der Waals surface area contributed by atoms with E-state index < -0.39 is 8.68 Å². The molecule has 2 nitrogen and oxygen atoms in total. The summed E-state index contributed by atoms with van der Waals surface area (Å²) >= 11 is 0. The third-order valence-corrected chi connectivity index (χ3v) is 7.47. The zero-order valence-corrected chi connectivity index (χ0v) is 17.3. The van der Waals surface area contributed by atoms with E-state index in [1.165, 1.54) is 16.3 Å². The summed E-state index contributed by atoms with van der Waals surface area (Å²) in [4.78, 5) is 4.71. The molecule has 0 spiro atoms. The van der Waals surface area contributed by atoms with E-state index in [0.717, 1.165) is 32.8 Å². The fourth-order valence-corrected chi connectivity index (χ4v) is 6.12. The molecule has 0 amide bonds. The number of benzene rings is 3. The Morgan fingerprint density at radius 1 is 0.857 bits per heavy atom. The first-order valence-electron chi connectivity index (χ1n) is 9.62. The van der Waals surface area contributed by atoms with E-state index in [0.29, 0.717) is 0 Å². The van der Waals surface area contributed by atoms with Crippen molar-refractivity contribution in [3.63, 3.8) is 0 Å². The Bertz CT molecular complexity index is 1270. The molecule has 4 aromatic rings. The Balaban J connectivity index is 1.81. The highest BCUT2D eigenvalue weighted by molar-refractivity contribution is 6.79. The predicted octanol–water partition coefficient (Wildman–Crippen LogP) is 4.72. The maximum Gasteiger partial charge on any atom is 0.350 e. The number of nitrogens with zero attached hydrogens (tertiary/aromatic N) is 1. The maximum absolute atomic E-state index is 13.4. The Kier molecular flexibility index (Phi) is 3.71. The molecule has 0 unspecified atom stereocenters. The van der Waals surface area contributed by atoms with E-state index in [1.807, 2.05) is 30.5 Å². The van der Waals surface area contributed by atoms with Crippen molar-refractivity contribution in [3.05, 3.63) is 78.5 Å². The molecular weight excluding hydrogens is 358 g/mol. The normalized spacial score (nSPS) is 12.9. The van der Waals surface area contributed by atoms with Crippen molar-refractivity contribution >= 4 is 29.8 Å². The monoisotopic (exact) mass is 379 g/mol. The average Bonchev–Trinajstić information content (AvgIpc) is 2.99. The van der Waals surface area contributed by atoms with Gasteiger partial charge in [-0.3, -0.25) is 4.98 Å². The van der Waals surface area contributed by atoms with Gasteiger partial charge >= 0.3 is 8.68 Å². The summed E-state index contributed by atoms with van der Waals surface area (Å²) in [5, 5.41) is 4.32. The number of hydrogen-bond acceptors (Lipinski definition) is 2. The molecule has 0 aliphatic carbocycles. The number of rotatable bonds is 1. The van der Waals surface area contributed by atoms with Crippen molar-refractivity contribution in [3.8, 4) is 22.4 Å². The summed E-state index contributed by atoms with van der Waals surface area (Å²) in [6.07, 6.45) is 1.84. The largest absolute Gasteiger partial charge is 0.376 e. The summed E-state index contributed by atoms with van der Waals surface area (Å²) in [5.41, 5.74) is 5.34. The van der Waals surface area contributed by atoms with Crippen LogP contribution in [0.4, 0.5) is 0 Å². The minimum Gasteiger partial charge on any atom is -0.376 e. The second-order valence-electron chi connectivity index (χ2n) is 8.45.